The Hall–Kier alpha value is -2.25. The molecule has 7 heteroatoms. The fourth-order valence-corrected chi connectivity index (χ4v) is 2.84. The van der Waals surface area contributed by atoms with Crippen LogP contribution in [0.3, 0.4) is 0 Å². The quantitative estimate of drug-likeness (QED) is 0.828. The summed E-state index contributed by atoms with van der Waals surface area (Å²) in [6, 6.07) is 8.32. The summed E-state index contributed by atoms with van der Waals surface area (Å²) >= 11 is 0. The van der Waals surface area contributed by atoms with E-state index in [9.17, 15) is 4.79 Å². The van der Waals surface area contributed by atoms with Crippen molar-refractivity contribution in [3.8, 4) is 0 Å². The van der Waals surface area contributed by atoms with Gasteiger partial charge < -0.3 is 10.2 Å². The van der Waals surface area contributed by atoms with E-state index in [0.29, 0.717) is 6.54 Å². The maximum atomic E-state index is 12.0. The van der Waals surface area contributed by atoms with Crippen molar-refractivity contribution < 1.29 is 4.79 Å². The Morgan fingerprint density at radius 2 is 1.92 bits per heavy atom. The summed E-state index contributed by atoms with van der Waals surface area (Å²) in [5.74, 6) is -0.0603. The molecular weight excluding hydrogens is 304 g/mol. The molecule has 1 saturated heterocycles. The normalized spacial score (nSPS) is 16.2. The average molecular weight is 328 g/mol. The number of hydrogen-bond acceptors (Lipinski definition) is 5. The third-order valence-electron chi connectivity index (χ3n) is 4.36. The van der Waals surface area contributed by atoms with Gasteiger partial charge in [-0.2, -0.15) is 5.10 Å². The number of piperazine rings is 1. The van der Waals surface area contributed by atoms with E-state index in [1.54, 1.807) is 6.33 Å². The van der Waals surface area contributed by atoms with Crippen LogP contribution in [0.25, 0.3) is 0 Å². The van der Waals surface area contributed by atoms with Crippen LogP contribution in [0.4, 0.5) is 0 Å². The number of carbonyl (C=O) groups excluding carboxylic acids is 1. The van der Waals surface area contributed by atoms with Gasteiger partial charge in [-0.25, -0.2) is 9.67 Å². The molecule has 0 radical (unpaired) electrons. The summed E-state index contributed by atoms with van der Waals surface area (Å²) in [6.45, 7) is 6.06. The molecule has 1 aromatic carbocycles. The number of hydrogen-bond donors (Lipinski definition) is 1. The summed E-state index contributed by atoms with van der Waals surface area (Å²) in [4.78, 5) is 20.7. The molecular formula is C17H24N6O. The van der Waals surface area contributed by atoms with Gasteiger partial charge >= 0.3 is 0 Å². The monoisotopic (exact) mass is 328 g/mol. The second-order valence-electron chi connectivity index (χ2n) is 6.22. The van der Waals surface area contributed by atoms with E-state index in [-0.39, 0.29) is 12.5 Å². The largest absolute Gasteiger partial charge is 0.350 e. The molecule has 3 rings (SSSR count). The number of amides is 1. The predicted molar refractivity (Wildman–Crippen MR) is 91.1 cm³/mol. The summed E-state index contributed by atoms with van der Waals surface area (Å²) < 4.78 is 1.52. The molecule has 7 nitrogen and oxygen atoms in total. The zero-order chi connectivity index (χ0) is 16.8. The van der Waals surface area contributed by atoms with Crippen molar-refractivity contribution in [2.24, 2.45) is 0 Å². The molecule has 0 aliphatic carbocycles. The molecule has 24 heavy (non-hydrogen) atoms. The molecule has 1 aliphatic heterocycles. The lowest BCUT2D eigenvalue weighted by atomic mass is 10.1. The molecule has 0 spiro atoms. The lowest BCUT2D eigenvalue weighted by Crippen LogP contribution is -2.44. The molecule has 0 saturated carbocycles. The van der Waals surface area contributed by atoms with Gasteiger partial charge in [-0.1, -0.05) is 24.3 Å². The first kappa shape index (κ1) is 16.6. The van der Waals surface area contributed by atoms with Gasteiger partial charge in [-0.05, 0) is 18.2 Å². The van der Waals surface area contributed by atoms with E-state index in [0.717, 1.165) is 32.7 Å². The highest BCUT2D eigenvalue weighted by Crippen LogP contribution is 2.13. The van der Waals surface area contributed by atoms with Gasteiger partial charge in [0, 0.05) is 39.3 Å². The average Bonchev–Trinajstić information content (AvgIpc) is 3.09. The van der Waals surface area contributed by atoms with Gasteiger partial charge in [0.1, 0.15) is 19.2 Å². The van der Waals surface area contributed by atoms with E-state index in [2.05, 4.69) is 50.4 Å². The molecule has 1 aliphatic rings. The zero-order valence-electron chi connectivity index (χ0n) is 14.1. The fourth-order valence-electron chi connectivity index (χ4n) is 2.84. The second kappa shape index (κ2) is 8.03. The van der Waals surface area contributed by atoms with E-state index in [4.69, 9.17) is 0 Å². The molecule has 1 amide bonds. The minimum atomic E-state index is -0.0603. The van der Waals surface area contributed by atoms with Crippen LogP contribution in [0, 0.1) is 0 Å². The van der Waals surface area contributed by atoms with Gasteiger partial charge in [0.25, 0.3) is 0 Å². The molecule has 128 valence electrons. The zero-order valence-corrected chi connectivity index (χ0v) is 14.1. The van der Waals surface area contributed by atoms with Crippen molar-refractivity contribution in [2.75, 3.05) is 33.2 Å². The first-order valence-electron chi connectivity index (χ1n) is 8.27. The van der Waals surface area contributed by atoms with Crippen molar-refractivity contribution in [2.45, 2.75) is 19.6 Å². The topological polar surface area (TPSA) is 66.3 Å². The number of nitrogens with one attached hydrogen (secondary N) is 1. The van der Waals surface area contributed by atoms with Crippen molar-refractivity contribution in [3.05, 3.63) is 48.0 Å². The number of carbonyl (C=O) groups is 1. The standard InChI is InChI=1S/C17H24N6O/c1-21-6-8-22(9-7-21)11-16-5-3-2-4-15(16)10-19-17(24)12-23-14-18-13-20-23/h2-5,13-14H,6-12H2,1H3,(H,19,24). The van der Waals surface area contributed by atoms with Crippen LogP contribution in [0.15, 0.2) is 36.9 Å². The predicted octanol–water partition coefficient (Wildman–Crippen LogP) is 0.342. The maximum absolute atomic E-state index is 12.0. The molecule has 0 bridgehead atoms. The van der Waals surface area contributed by atoms with Crippen molar-refractivity contribution in [1.29, 1.82) is 0 Å². The van der Waals surface area contributed by atoms with Crippen LogP contribution < -0.4 is 5.32 Å². The number of nitrogens with zero attached hydrogens (tertiary/aromatic N) is 5. The van der Waals surface area contributed by atoms with Gasteiger partial charge in [-0.3, -0.25) is 9.69 Å². The second-order valence-corrected chi connectivity index (χ2v) is 6.22. The molecule has 2 heterocycles. The summed E-state index contributed by atoms with van der Waals surface area (Å²) in [5, 5.41) is 6.91. The van der Waals surface area contributed by atoms with Crippen molar-refractivity contribution in [3.63, 3.8) is 0 Å². The summed E-state index contributed by atoms with van der Waals surface area (Å²) in [6.07, 6.45) is 2.97. The SMILES string of the molecule is CN1CCN(Cc2ccccc2CNC(=O)Cn2cncn2)CC1. The van der Waals surface area contributed by atoms with Crippen LogP contribution in [0.5, 0.6) is 0 Å². The highest BCUT2D eigenvalue weighted by atomic mass is 16.2. The van der Waals surface area contributed by atoms with Gasteiger partial charge in [0.2, 0.25) is 5.91 Å². The van der Waals surface area contributed by atoms with Crippen molar-refractivity contribution in [1.82, 2.24) is 29.9 Å². The lowest BCUT2D eigenvalue weighted by molar-refractivity contribution is -0.122. The Labute approximate surface area is 142 Å². The molecule has 2 aromatic rings. The maximum Gasteiger partial charge on any atom is 0.242 e. The van der Waals surface area contributed by atoms with Crippen LogP contribution in [-0.2, 0) is 24.4 Å². The number of rotatable bonds is 6. The summed E-state index contributed by atoms with van der Waals surface area (Å²) in [5.41, 5.74) is 2.45. The fraction of sp³-hybridized carbons (Fsp3) is 0.471. The van der Waals surface area contributed by atoms with Crippen LogP contribution in [-0.4, -0.2) is 63.7 Å². The number of aromatic nitrogens is 3. The third kappa shape index (κ3) is 4.62. The molecule has 1 aromatic heterocycles. The number of likely N-dealkylation sites (N-methyl/N-ethyl adjacent to an activating group) is 1. The minimum Gasteiger partial charge on any atom is -0.350 e. The highest BCUT2D eigenvalue weighted by molar-refractivity contribution is 5.75. The molecule has 1 fully saturated rings. The van der Waals surface area contributed by atoms with E-state index in [1.165, 1.54) is 22.1 Å². The Morgan fingerprint density at radius 1 is 1.17 bits per heavy atom. The minimum absolute atomic E-state index is 0.0603. The Morgan fingerprint density at radius 3 is 2.62 bits per heavy atom. The first-order valence-corrected chi connectivity index (χ1v) is 8.27. The Balaban J connectivity index is 1.54. The van der Waals surface area contributed by atoms with E-state index >= 15 is 0 Å². The molecule has 0 unspecified atom stereocenters. The Kier molecular flexibility index (Phi) is 5.55. The van der Waals surface area contributed by atoms with Crippen LogP contribution >= 0.6 is 0 Å². The highest BCUT2D eigenvalue weighted by Gasteiger charge is 2.15. The van der Waals surface area contributed by atoms with Crippen molar-refractivity contribution >= 4 is 5.91 Å². The van der Waals surface area contributed by atoms with E-state index < -0.39 is 0 Å². The van der Waals surface area contributed by atoms with Gasteiger partial charge in [0.05, 0.1) is 0 Å². The van der Waals surface area contributed by atoms with Gasteiger partial charge in [-0.15, -0.1) is 0 Å². The lowest BCUT2D eigenvalue weighted by Gasteiger charge is -2.32. The summed E-state index contributed by atoms with van der Waals surface area (Å²) in [7, 11) is 2.16. The van der Waals surface area contributed by atoms with Crippen LogP contribution in [0.2, 0.25) is 0 Å². The molecule has 1 N–H and O–H groups in total. The Bertz CT molecular complexity index is 649. The first-order chi connectivity index (χ1) is 11.7. The van der Waals surface area contributed by atoms with Gasteiger partial charge in [0.15, 0.2) is 0 Å². The van der Waals surface area contributed by atoms with Crippen LogP contribution in [0.1, 0.15) is 11.1 Å². The smallest absolute Gasteiger partial charge is 0.242 e. The third-order valence-corrected chi connectivity index (χ3v) is 4.36. The number of benzene rings is 1. The van der Waals surface area contributed by atoms with E-state index in [1.807, 2.05) is 6.07 Å². The molecule has 0 atom stereocenters.